The van der Waals surface area contributed by atoms with Crippen LogP contribution in [0.25, 0.3) is 6.08 Å². The molecule has 0 amide bonds. The van der Waals surface area contributed by atoms with Crippen molar-refractivity contribution in [2.75, 3.05) is 13.7 Å². The van der Waals surface area contributed by atoms with Crippen LogP contribution in [0.5, 0.6) is 5.75 Å². The maximum Gasteiger partial charge on any atom is 0.338 e. The highest BCUT2D eigenvalue weighted by Crippen LogP contribution is 2.38. The Morgan fingerprint density at radius 3 is 2.71 bits per heavy atom. The van der Waals surface area contributed by atoms with Crippen LogP contribution in [0.3, 0.4) is 0 Å². The fraction of sp³-hybridized carbons (Fsp3) is 0.269. The van der Waals surface area contributed by atoms with Gasteiger partial charge in [0.15, 0.2) is 4.80 Å². The van der Waals surface area contributed by atoms with Gasteiger partial charge in [-0.2, -0.15) is 0 Å². The summed E-state index contributed by atoms with van der Waals surface area (Å²) in [6, 6.07) is 12.1. The molecule has 0 spiro atoms. The molecule has 0 unspecified atom stereocenters. The number of fused-ring (bicyclic) bond motifs is 1. The summed E-state index contributed by atoms with van der Waals surface area (Å²) in [6.45, 7) is 3.99. The Labute approximate surface area is 220 Å². The van der Waals surface area contributed by atoms with Crippen LogP contribution < -0.4 is 19.6 Å². The molecule has 35 heavy (non-hydrogen) atoms. The molecular formula is C26H24BrClN2O4S. The van der Waals surface area contributed by atoms with Crippen molar-refractivity contribution in [2.45, 2.75) is 32.7 Å². The van der Waals surface area contributed by atoms with Gasteiger partial charge >= 0.3 is 5.97 Å². The molecule has 0 bridgehead atoms. The predicted molar refractivity (Wildman–Crippen MR) is 142 cm³/mol. The number of hydrogen-bond acceptors (Lipinski definition) is 6. The van der Waals surface area contributed by atoms with E-state index in [0.29, 0.717) is 43.4 Å². The van der Waals surface area contributed by atoms with Gasteiger partial charge in [-0.25, -0.2) is 9.79 Å². The third-order valence-electron chi connectivity index (χ3n) is 5.57. The van der Waals surface area contributed by atoms with Crippen LogP contribution in [-0.4, -0.2) is 24.3 Å². The Balaban J connectivity index is 2.07. The van der Waals surface area contributed by atoms with Crippen LogP contribution >= 0.6 is 38.9 Å². The summed E-state index contributed by atoms with van der Waals surface area (Å²) in [5.74, 6) is 0.0607. The molecule has 6 nitrogen and oxygen atoms in total. The monoisotopic (exact) mass is 574 g/mol. The molecular weight excluding hydrogens is 552 g/mol. The molecule has 0 saturated heterocycles. The fourth-order valence-corrected chi connectivity index (χ4v) is 5.65. The number of aromatic nitrogens is 1. The van der Waals surface area contributed by atoms with Crippen molar-refractivity contribution in [1.29, 1.82) is 0 Å². The average Bonchev–Trinajstić information content (AvgIpc) is 3.14. The summed E-state index contributed by atoms with van der Waals surface area (Å²) in [5, 5.41) is 0.544. The predicted octanol–water partition coefficient (Wildman–Crippen LogP) is 5.00. The fourth-order valence-electron chi connectivity index (χ4n) is 4.07. The van der Waals surface area contributed by atoms with Crippen molar-refractivity contribution in [3.05, 3.63) is 94.0 Å². The minimum absolute atomic E-state index is 0.209. The number of esters is 1. The number of halogens is 2. The standard InChI is InChI=1S/C26H24BrClN2O4S/c1-4-8-19-22(25(32)34-5-2)23(17-14-16(27)11-12-20(17)33-3)30-24(31)21(35-26(30)29-19)13-15-9-6-7-10-18(15)28/h6-7,9-14,23H,4-5,8H2,1-3H3/b21-13+/t23-/m1/s1. The number of ether oxygens (including phenoxy) is 2. The van der Waals surface area contributed by atoms with Crippen LogP contribution in [0, 0.1) is 0 Å². The SMILES string of the molecule is CCCC1=C(C(=O)OCC)[C@@H](c2cc(Br)ccc2OC)n2c(s/c(=C/c3ccccc3Cl)c2=O)=N1. The van der Waals surface area contributed by atoms with Gasteiger partial charge in [0.25, 0.3) is 5.56 Å². The molecule has 2 aromatic carbocycles. The molecule has 2 heterocycles. The number of thiazole rings is 1. The molecule has 0 fully saturated rings. The topological polar surface area (TPSA) is 69.9 Å². The number of benzene rings is 2. The lowest BCUT2D eigenvalue weighted by atomic mass is 9.93. The zero-order valence-corrected chi connectivity index (χ0v) is 22.7. The number of carbonyl (C=O) groups excluding carboxylic acids is 1. The number of methoxy groups -OCH3 is 1. The molecule has 182 valence electrons. The van der Waals surface area contributed by atoms with Crippen LogP contribution in [0.4, 0.5) is 0 Å². The van der Waals surface area contributed by atoms with E-state index in [2.05, 4.69) is 15.9 Å². The first-order valence-corrected chi connectivity index (χ1v) is 13.2. The van der Waals surface area contributed by atoms with E-state index in [4.69, 9.17) is 26.1 Å². The van der Waals surface area contributed by atoms with Gasteiger partial charge in [0.05, 0.1) is 29.5 Å². The highest BCUT2D eigenvalue weighted by molar-refractivity contribution is 9.10. The summed E-state index contributed by atoms with van der Waals surface area (Å²) in [5.41, 5.74) is 2.09. The van der Waals surface area contributed by atoms with Crippen molar-refractivity contribution in [1.82, 2.24) is 4.57 Å². The number of rotatable bonds is 7. The van der Waals surface area contributed by atoms with Gasteiger partial charge in [-0.05, 0) is 49.2 Å². The zero-order chi connectivity index (χ0) is 25.1. The van der Waals surface area contributed by atoms with Crippen LogP contribution in [-0.2, 0) is 9.53 Å². The second kappa shape index (κ2) is 10.9. The lowest BCUT2D eigenvalue weighted by molar-refractivity contribution is -0.139. The summed E-state index contributed by atoms with van der Waals surface area (Å²) in [6.07, 6.45) is 3.10. The molecule has 0 aliphatic carbocycles. The maximum absolute atomic E-state index is 13.8. The Morgan fingerprint density at radius 2 is 2.03 bits per heavy atom. The van der Waals surface area contributed by atoms with Crippen LogP contribution in [0.15, 0.2) is 68.0 Å². The Morgan fingerprint density at radius 1 is 1.26 bits per heavy atom. The first-order chi connectivity index (χ1) is 16.9. The maximum atomic E-state index is 13.8. The lowest BCUT2D eigenvalue weighted by Gasteiger charge is -2.27. The minimum atomic E-state index is -0.757. The van der Waals surface area contributed by atoms with Crippen molar-refractivity contribution in [3.63, 3.8) is 0 Å². The summed E-state index contributed by atoms with van der Waals surface area (Å²) in [7, 11) is 1.56. The summed E-state index contributed by atoms with van der Waals surface area (Å²) in [4.78, 5) is 32.4. The molecule has 0 saturated carbocycles. The summed E-state index contributed by atoms with van der Waals surface area (Å²) >= 11 is 11.1. The number of carbonyl (C=O) groups is 1. The molecule has 0 N–H and O–H groups in total. The summed E-state index contributed by atoms with van der Waals surface area (Å²) < 4.78 is 13.9. The van der Waals surface area contributed by atoms with Gasteiger partial charge in [0.2, 0.25) is 0 Å². The molecule has 3 aromatic rings. The number of allylic oxidation sites excluding steroid dienone is 1. The first kappa shape index (κ1) is 25.4. The average molecular weight is 576 g/mol. The highest BCUT2D eigenvalue weighted by Gasteiger charge is 2.36. The third kappa shape index (κ3) is 5.01. The molecule has 1 aromatic heterocycles. The van der Waals surface area contributed by atoms with Gasteiger partial charge in [-0.1, -0.05) is 70.4 Å². The molecule has 4 rings (SSSR count). The van der Waals surface area contributed by atoms with Crippen molar-refractivity contribution in [2.24, 2.45) is 4.99 Å². The molecule has 1 aliphatic rings. The van der Waals surface area contributed by atoms with E-state index < -0.39 is 12.0 Å². The Bertz CT molecular complexity index is 1490. The van der Waals surface area contributed by atoms with Gasteiger partial charge in [0, 0.05) is 15.1 Å². The first-order valence-electron chi connectivity index (χ1n) is 11.2. The molecule has 0 radical (unpaired) electrons. The van der Waals surface area contributed by atoms with Gasteiger partial charge in [0.1, 0.15) is 11.8 Å². The van der Waals surface area contributed by atoms with Gasteiger partial charge in [-0.15, -0.1) is 0 Å². The number of hydrogen-bond donors (Lipinski definition) is 0. The van der Waals surface area contributed by atoms with Crippen molar-refractivity contribution in [3.8, 4) is 5.75 Å². The van der Waals surface area contributed by atoms with Crippen molar-refractivity contribution >= 4 is 50.9 Å². The van der Waals surface area contributed by atoms with Crippen LogP contribution in [0.1, 0.15) is 43.9 Å². The quantitative estimate of drug-likeness (QED) is 0.372. The molecule has 1 atom stereocenters. The Hall–Kier alpha value is -2.68. The van der Waals surface area contributed by atoms with E-state index in [1.54, 1.807) is 36.8 Å². The second-order valence-corrected chi connectivity index (χ2v) is 10.2. The van der Waals surface area contributed by atoms with Gasteiger partial charge in [-0.3, -0.25) is 9.36 Å². The van der Waals surface area contributed by atoms with E-state index in [1.807, 2.05) is 37.3 Å². The second-order valence-electron chi connectivity index (χ2n) is 7.82. The number of nitrogens with zero attached hydrogens (tertiary/aromatic N) is 2. The van der Waals surface area contributed by atoms with Crippen molar-refractivity contribution < 1.29 is 14.3 Å². The lowest BCUT2D eigenvalue weighted by Crippen LogP contribution is -2.40. The van der Waals surface area contributed by atoms with E-state index >= 15 is 0 Å². The zero-order valence-electron chi connectivity index (χ0n) is 19.5. The Kier molecular flexibility index (Phi) is 7.94. The minimum Gasteiger partial charge on any atom is -0.496 e. The van der Waals surface area contributed by atoms with E-state index in [0.717, 1.165) is 16.5 Å². The molecule has 1 aliphatic heterocycles. The van der Waals surface area contributed by atoms with E-state index in [9.17, 15) is 9.59 Å². The van der Waals surface area contributed by atoms with E-state index in [-0.39, 0.29) is 12.2 Å². The normalized spacial score (nSPS) is 15.6. The third-order valence-corrected chi connectivity index (χ3v) is 7.39. The highest BCUT2D eigenvalue weighted by atomic mass is 79.9. The largest absolute Gasteiger partial charge is 0.496 e. The molecule has 9 heteroatoms. The van der Waals surface area contributed by atoms with Gasteiger partial charge < -0.3 is 9.47 Å². The van der Waals surface area contributed by atoms with Crippen LogP contribution in [0.2, 0.25) is 5.02 Å². The smallest absolute Gasteiger partial charge is 0.338 e. The van der Waals surface area contributed by atoms with E-state index in [1.165, 1.54) is 11.3 Å².